The van der Waals surface area contributed by atoms with Gasteiger partial charge in [0.2, 0.25) is 0 Å². The molecule has 0 unspecified atom stereocenters. The molecule has 3 heteroatoms. The van der Waals surface area contributed by atoms with E-state index in [1.165, 1.54) is 70.2 Å². The van der Waals surface area contributed by atoms with Crippen molar-refractivity contribution in [1.29, 1.82) is 0 Å². The average molecular weight is 663 g/mol. The van der Waals surface area contributed by atoms with E-state index in [2.05, 4.69) is 172 Å². The zero-order valence-electron chi connectivity index (χ0n) is 28.2. The second kappa shape index (κ2) is 10.7. The Morgan fingerprint density at radius 2 is 0.900 bits per heavy atom. The SMILES string of the molecule is Cc1ccccc1-c1cc(C2(C)c3ccccc3Oc3ccccc32)cc2c1sc1ccc(C3(C)c4ccccc4Oc4ccccc43)cc12. The van der Waals surface area contributed by atoms with Gasteiger partial charge in [-0.15, -0.1) is 11.3 Å². The van der Waals surface area contributed by atoms with E-state index in [9.17, 15) is 0 Å². The molecular formula is C47H34O2S. The van der Waals surface area contributed by atoms with Crippen LogP contribution in [0.4, 0.5) is 0 Å². The summed E-state index contributed by atoms with van der Waals surface area (Å²) in [5.41, 5.74) is 10.2. The molecule has 0 atom stereocenters. The van der Waals surface area contributed by atoms with Crippen LogP contribution in [-0.4, -0.2) is 0 Å². The zero-order chi connectivity index (χ0) is 33.6. The smallest absolute Gasteiger partial charge is 0.131 e. The van der Waals surface area contributed by atoms with E-state index in [0.717, 1.165) is 23.0 Å². The molecule has 0 spiro atoms. The van der Waals surface area contributed by atoms with Gasteiger partial charge in [-0.25, -0.2) is 0 Å². The first-order valence-electron chi connectivity index (χ1n) is 17.3. The van der Waals surface area contributed by atoms with E-state index in [0.29, 0.717) is 0 Å². The van der Waals surface area contributed by atoms with Crippen molar-refractivity contribution in [3.8, 4) is 34.1 Å². The highest BCUT2D eigenvalue weighted by molar-refractivity contribution is 7.26. The molecule has 2 aliphatic rings. The van der Waals surface area contributed by atoms with Crippen molar-refractivity contribution >= 4 is 31.5 Å². The molecule has 0 bridgehead atoms. The van der Waals surface area contributed by atoms with Crippen molar-refractivity contribution in [3.05, 3.63) is 191 Å². The summed E-state index contributed by atoms with van der Waals surface area (Å²) in [6.45, 7) is 6.94. The minimum atomic E-state index is -0.437. The minimum Gasteiger partial charge on any atom is -0.457 e. The highest BCUT2D eigenvalue weighted by Crippen LogP contribution is 2.55. The molecule has 3 heterocycles. The Hall–Kier alpha value is -5.64. The summed E-state index contributed by atoms with van der Waals surface area (Å²) in [5.74, 6) is 3.65. The Labute approximate surface area is 296 Å². The van der Waals surface area contributed by atoms with Crippen LogP contribution in [0.1, 0.15) is 52.8 Å². The van der Waals surface area contributed by atoms with Gasteiger partial charge in [0, 0.05) is 58.8 Å². The van der Waals surface area contributed by atoms with Crippen molar-refractivity contribution in [2.24, 2.45) is 0 Å². The maximum atomic E-state index is 6.51. The van der Waals surface area contributed by atoms with Crippen LogP contribution in [0.15, 0.2) is 152 Å². The molecule has 0 N–H and O–H groups in total. The van der Waals surface area contributed by atoms with Crippen LogP contribution in [0.5, 0.6) is 23.0 Å². The third-order valence-corrected chi connectivity index (χ3v) is 12.5. The first-order valence-corrected chi connectivity index (χ1v) is 18.1. The highest BCUT2D eigenvalue weighted by Gasteiger charge is 2.42. The average Bonchev–Trinajstić information content (AvgIpc) is 3.53. The molecule has 0 aliphatic carbocycles. The summed E-state index contributed by atoms with van der Waals surface area (Å²) >= 11 is 1.89. The summed E-state index contributed by atoms with van der Waals surface area (Å²) in [5, 5.41) is 2.56. The topological polar surface area (TPSA) is 18.5 Å². The second-order valence-electron chi connectivity index (χ2n) is 14.0. The third-order valence-electron chi connectivity index (χ3n) is 11.3. The van der Waals surface area contributed by atoms with Gasteiger partial charge in [0.25, 0.3) is 0 Å². The van der Waals surface area contributed by atoms with Gasteiger partial charge in [-0.3, -0.25) is 0 Å². The molecule has 0 amide bonds. The Morgan fingerprint density at radius 1 is 0.440 bits per heavy atom. The third kappa shape index (κ3) is 4.01. The lowest BCUT2D eigenvalue weighted by Crippen LogP contribution is -2.29. The van der Waals surface area contributed by atoms with Gasteiger partial charge < -0.3 is 9.47 Å². The van der Waals surface area contributed by atoms with Crippen molar-refractivity contribution in [1.82, 2.24) is 0 Å². The summed E-state index contributed by atoms with van der Waals surface area (Å²) in [6, 6.07) is 54.9. The zero-order valence-corrected chi connectivity index (χ0v) is 29.0. The van der Waals surface area contributed by atoms with Gasteiger partial charge in [-0.1, -0.05) is 103 Å². The summed E-state index contributed by atoms with van der Waals surface area (Å²) in [7, 11) is 0. The number of para-hydroxylation sites is 4. The second-order valence-corrected chi connectivity index (χ2v) is 15.0. The fourth-order valence-electron chi connectivity index (χ4n) is 8.58. The van der Waals surface area contributed by atoms with E-state index >= 15 is 0 Å². The number of benzene rings is 7. The lowest BCUT2D eigenvalue weighted by atomic mass is 9.68. The van der Waals surface area contributed by atoms with E-state index in [1.807, 2.05) is 11.3 Å². The Balaban J connectivity index is 1.29. The number of ether oxygens (including phenoxy) is 2. The minimum absolute atomic E-state index is 0.394. The van der Waals surface area contributed by atoms with Gasteiger partial charge in [-0.2, -0.15) is 0 Å². The largest absolute Gasteiger partial charge is 0.457 e. The van der Waals surface area contributed by atoms with Crippen molar-refractivity contribution < 1.29 is 9.47 Å². The van der Waals surface area contributed by atoms with Crippen LogP contribution in [0.25, 0.3) is 31.3 Å². The van der Waals surface area contributed by atoms with Gasteiger partial charge in [-0.05, 0) is 91.6 Å². The summed E-state index contributed by atoms with van der Waals surface area (Å²) < 4.78 is 15.6. The maximum absolute atomic E-state index is 6.51. The van der Waals surface area contributed by atoms with Crippen molar-refractivity contribution in [2.75, 3.05) is 0 Å². The number of hydrogen-bond acceptors (Lipinski definition) is 3. The molecule has 1 aromatic heterocycles. The van der Waals surface area contributed by atoms with E-state index < -0.39 is 10.8 Å². The lowest BCUT2D eigenvalue weighted by Gasteiger charge is -2.38. The Bertz CT molecular complexity index is 2570. The van der Waals surface area contributed by atoms with Crippen LogP contribution < -0.4 is 9.47 Å². The number of thiophene rings is 1. The van der Waals surface area contributed by atoms with Crippen LogP contribution in [0.2, 0.25) is 0 Å². The standard InChI is InChI=1S/C47H34O2S/c1-29-14-4-5-15-32(29)34-27-31(47(3)38-18-8-12-22-42(38)49-43-23-13-9-19-39(43)47)28-35-33-26-30(24-25-44(33)50-45(34)35)46(2)36-16-6-10-20-40(36)48-41-21-11-7-17-37(41)46/h4-28H,1-3H3. The van der Waals surface area contributed by atoms with E-state index in [-0.39, 0.29) is 0 Å². The predicted octanol–water partition coefficient (Wildman–Crippen LogP) is 12.9. The normalized spacial score (nSPS) is 14.9. The number of rotatable bonds is 3. The Morgan fingerprint density at radius 3 is 1.44 bits per heavy atom. The van der Waals surface area contributed by atoms with E-state index in [4.69, 9.17) is 9.47 Å². The van der Waals surface area contributed by atoms with Gasteiger partial charge in [0.05, 0.1) is 0 Å². The monoisotopic (exact) mass is 662 g/mol. The van der Waals surface area contributed by atoms with Gasteiger partial charge in [0.15, 0.2) is 0 Å². The number of fused-ring (bicyclic) bond motifs is 7. The molecule has 8 aromatic rings. The molecular weight excluding hydrogens is 629 g/mol. The lowest BCUT2D eigenvalue weighted by molar-refractivity contribution is 0.427. The van der Waals surface area contributed by atoms with E-state index in [1.54, 1.807) is 0 Å². The summed E-state index contributed by atoms with van der Waals surface area (Å²) in [4.78, 5) is 0. The van der Waals surface area contributed by atoms with Crippen molar-refractivity contribution in [2.45, 2.75) is 31.6 Å². The molecule has 7 aromatic carbocycles. The van der Waals surface area contributed by atoms with Crippen LogP contribution in [-0.2, 0) is 10.8 Å². The molecule has 10 rings (SSSR count). The highest BCUT2D eigenvalue weighted by atomic mass is 32.1. The molecule has 50 heavy (non-hydrogen) atoms. The fourth-order valence-corrected chi connectivity index (χ4v) is 9.77. The quantitative estimate of drug-likeness (QED) is 0.187. The molecule has 0 saturated heterocycles. The van der Waals surface area contributed by atoms with Gasteiger partial charge >= 0.3 is 0 Å². The first-order chi connectivity index (χ1) is 24.4. The summed E-state index contributed by atoms with van der Waals surface area (Å²) in [6.07, 6.45) is 0. The molecule has 0 radical (unpaired) electrons. The van der Waals surface area contributed by atoms with Crippen LogP contribution >= 0.6 is 11.3 Å². The molecule has 0 saturated carbocycles. The Kier molecular flexibility index (Phi) is 6.26. The maximum Gasteiger partial charge on any atom is 0.131 e. The molecule has 240 valence electrons. The molecule has 2 aliphatic heterocycles. The molecule has 2 nitrogen and oxygen atoms in total. The first kappa shape index (κ1) is 29.3. The fraction of sp³-hybridized carbons (Fsp3) is 0.106. The van der Waals surface area contributed by atoms with Crippen molar-refractivity contribution in [3.63, 3.8) is 0 Å². The van der Waals surface area contributed by atoms with Crippen LogP contribution in [0, 0.1) is 6.92 Å². The number of hydrogen-bond donors (Lipinski definition) is 0. The van der Waals surface area contributed by atoms with Gasteiger partial charge in [0.1, 0.15) is 23.0 Å². The predicted molar refractivity (Wildman–Crippen MR) is 207 cm³/mol. The van der Waals surface area contributed by atoms with Crippen LogP contribution in [0.3, 0.4) is 0 Å². The molecule has 0 fully saturated rings. The number of aryl methyl sites for hydroxylation is 1.